The largest absolute Gasteiger partial charge is 0.454 e. The second kappa shape index (κ2) is 8.51. The predicted octanol–water partition coefficient (Wildman–Crippen LogP) is 2.14. The van der Waals surface area contributed by atoms with Gasteiger partial charge in [-0.05, 0) is 29.8 Å². The molecule has 1 heterocycles. The van der Waals surface area contributed by atoms with Crippen LogP contribution in [0.15, 0.2) is 35.3 Å². The molecule has 7 nitrogen and oxygen atoms in total. The van der Waals surface area contributed by atoms with Crippen molar-refractivity contribution >= 4 is 17.6 Å². The molecule has 1 amide bonds. The molecule has 2 aromatic carbocycles. The van der Waals surface area contributed by atoms with Crippen molar-refractivity contribution in [1.82, 2.24) is 10.6 Å². The maximum absolute atomic E-state index is 13.6. The van der Waals surface area contributed by atoms with Gasteiger partial charge in [0, 0.05) is 13.6 Å². The van der Waals surface area contributed by atoms with E-state index >= 15 is 0 Å². The summed E-state index contributed by atoms with van der Waals surface area (Å²) >= 11 is 0. The standard InChI is InChI=1S/C18H17F3N4O3/c1-22-18(23-7-10-2-5-13-14(6-10)28-9-27-13)24-8-15(26)25-12-4-3-11(19)16(20)17(12)21/h2-6H,7-9H2,1H3,(H,25,26)(H2,22,23,24). The van der Waals surface area contributed by atoms with Crippen LogP contribution in [0.5, 0.6) is 11.5 Å². The van der Waals surface area contributed by atoms with Crippen LogP contribution in [-0.4, -0.2) is 32.3 Å². The van der Waals surface area contributed by atoms with E-state index in [1.807, 2.05) is 12.1 Å². The van der Waals surface area contributed by atoms with Crippen molar-refractivity contribution in [3.8, 4) is 11.5 Å². The SMILES string of the molecule is CN=C(NCC(=O)Nc1ccc(F)c(F)c1F)NCc1ccc2c(c1)OCO2. The Hall–Kier alpha value is -3.43. The number of nitrogens with one attached hydrogen (secondary N) is 3. The van der Waals surface area contributed by atoms with Crippen molar-refractivity contribution in [2.24, 2.45) is 4.99 Å². The number of carbonyl (C=O) groups is 1. The molecule has 0 radical (unpaired) electrons. The van der Waals surface area contributed by atoms with Gasteiger partial charge in [-0.15, -0.1) is 0 Å². The lowest BCUT2D eigenvalue weighted by Gasteiger charge is -2.13. The topological polar surface area (TPSA) is 84.0 Å². The minimum absolute atomic E-state index is 0.184. The number of benzene rings is 2. The van der Waals surface area contributed by atoms with E-state index in [1.54, 1.807) is 6.07 Å². The minimum atomic E-state index is -1.65. The summed E-state index contributed by atoms with van der Waals surface area (Å²) in [4.78, 5) is 15.9. The third-order valence-corrected chi connectivity index (χ3v) is 3.85. The summed E-state index contributed by atoms with van der Waals surface area (Å²) in [5.41, 5.74) is 0.453. The third kappa shape index (κ3) is 4.45. The highest BCUT2D eigenvalue weighted by Crippen LogP contribution is 2.32. The lowest BCUT2D eigenvalue weighted by molar-refractivity contribution is -0.115. The van der Waals surface area contributed by atoms with Crippen molar-refractivity contribution in [1.29, 1.82) is 0 Å². The Labute approximate surface area is 158 Å². The van der Waals surface area contributed by atoms with Crippen LogP contribution in [0.1, 0.15) is 5.56 Å². The molecule has 0 aliphatic carbocycles. The Morgan fingerprint density at radius 1 is 1.07 bits per heavy atom. The summed E-state index contributed by atoms with van der Waals surface area (Å²) in [5.74, 6) is -3.45. The first-order chi connectivity index (χ1) is 13.5. The number of guanidine groups is 1. The first-order valence-corrected chi connectivity index (χ1v) is 8.24. The molecule has 3 N–H and O–H groups in total. The van der Waals surface area contributed by atoms with E-state index in [9.17, 15) is 18.0 Å². The Kier molecular flexibility index (Phi) is 5.87. The van der Waals surface area contributed by atoms with Crippen molar-refractivity contribution in [3.63, 3.8) is 0 Å². The maximum atomic E-state index is 13.6. The first kappa shape index (κ1) is 19.3. The van der Waals surface area contributed by atoms with Crippen molar-refractivity contribution in [2.45, 2.75) is 6.54 Å². The van der Waals surface area contributed by atoms with Gasteiger partial charge in [0.05, 0.1) is 12.2 Å². The second-order valence-corrected chi connectivity index (χ2v) is 5.74. The molecule has 0 saturated carbocycles. The summed E-state index contributed by atoms with van der Waals surface area (Å²) in [6.45, 7) is 0.318. The quantitative estimate of drug-likeness (QED) is 0.411. The van der Waals surface area contributed by atoms with E-state index < -0.39 is 29.0 Å². The monoisotopic (exact) mass is 394 g/mol. The average molecular weight is 394 g/mol. The first-order valence-electron chi connectivity index (χ1n) is 8.24. The molecular formula is C18H17F3N4O3. The van der Waals surface area contributed by atoms with Gasteiger partial charge in [-0.3, -0.25) is 9.79 Å². The van der Waals surface area contributed by atoms with E-state index in [0.717, 1.165) is 17.7 Å². The highest BCUT2D eigenvalue weighted by Gasteiger charge is 2.16. The molecule has 0 atom stereocenters. The van der Waals surface area contributed by atoms with Crippen LogP contribution in [-0.2, 0) is 11.3 Å². The van der Waals surface area contributed by atoms with Gasteiger partial charge in [0.25, 0.3) is 0 Å². The van der Waals surface area contributed by atoms with Crippen LogP contribution in [0.2, 0.25) is 0 Å². The van der Waals surface area contributed by atoms with Gasteiger partial charge < -0.3 is 25.4 Å². The van der Waals surface area contributed by atoms with Gasteiger partial charge in [-0.2, -0.15) is 0 Å². The Balaban J connectivity index is 1.50. The smallest absolute Gasteiger partial charge is 0.243 e. The van der Waals surface area contributed by atoms with E-state index in [2.05, 4.69) is 20.9 Å². The molecule has 2 aromatic rings. The molecule has 0 spiro atoms. The maximum Gasteiger partial charge on any atom is 0.243 e. The zero-order chi connectivity index (χ0) is 20.1. The highest BCUT2D eigenvalue weighted by atomic mass is 19.2. The van der Waals surface area contributed by atoms with Crippen LogP contribution in [0, 0.1) is 17.5 Å². The average Bonchev–Trinajstić information content (AvgIpc) is 3.16. The number of anilines is 1. The van der Waals surface area contributed by atoms with Crippen LogP contribution >= 0.6 is 0 Å². The zero-order valence-electron chi connectivity index (χ0n) is 14.8. The van der Waals surface area contributed by atoms with Gasteiger partial charge in [0.2, 0.25) is 12.7 Å². The normalized spacial score (nSPS) is 12.6. The molecule has 0 aromatic heterocycles. The number of fused-ring (bicyclic) bond motifs is 1. The van der Waals surface area contributed by atoms with Crippen molar-refractivity contribution < 1.29 is 27.4 Å². The van der Waals surface area contributed by atoms with Crippen LogP contribution in [0.25, 0.3) is 0 Å². The molecule has 10 heteroatoms. The number of halogens is 3. The molecule has 0 unspecified atom stereocenters. The van der Waals surface area contributed by atoms with Gasteiger partial charge >= 0.3 is 0 Å². The molecule has 0 fully saturated rings. The van der Waals surface area contributed by atoms with Gasteiger partial charge in [0.1, 0.15) is 0 Å². The van der Waals surface area contributed by atoms with E-state index in [0.29, 0.717) is 24.0 Å². The van der Waals surface area contributed by atoms with E-state index in [-0.39, 0.29) is 13.3 Å². The van der Waals surface area contributed by atoms with Crippen molar-refractivity contribution in [3.05, 3.63) is 53.3 Å². The van der Waals surface area contributed by atoms with E-state index in [1.165, 1.54) is 7.05 Å². The number of nitrogens with zero attached hydrogens (tertiary/aromatic N) is 1. The Morgan fingerprint density at radius 3 is 2.64 bits per heavy atom. The molecule has 3 rings (SSSR count). The number of hydrogen-bond donors (Lipinski definition) is 3. The molecule has 1 aliphatic rings. The highest BCUT2D eigenvalue weighted by molar-refractivity contribution is 5.95. The van der Waals surface area contributed by atoms with Crippen molar-refractivity contribution in [2.75, 3.05) is 25.7 Å². The lowest BCUT2D eigenvalue weighted by atomic mass is 10.2. The fourth-order valence-electron chi connectivity index (χ4n) is 2.44. The number of rotatable bonds is 5. The lowest BCUT2D eigenvalue weighted by Crippen LogP contribution is -2.41. The molecule has 28 heavy (non-hydrogen) atoms. The summed E-state index contributed by atoms with van der Waals surface area (Å²) in [5, 5.41) is 7.90. The van der Waals surface area contributed by atoms with Crippen LogP contribution in [0.4, 0.5) is 18.9 Å². The molecule has 148 valence electrons. The predicted molar refractivity (Wildman–Crippen MR) is 95.7 cm³/mol. The Bertz CT molecular complexity index is 921. The molecule has 0 bridgehead atoms. The van der Waals surface area contributed by atoms with Crippen LogP contribution < -0.4 is 25.4 Å². The number of aliphatic imine (C=N–C) groups is 1. The summed E-state index contributed by atoms with van der Waals surface area (Å²) in [7, 11) is 1.52. The zero-order valence-corrected chi connectivity index (χ0v) is 14.8. The Morgan fingerprint density at radius 2 is 1.86 bits per heavy atom. The fraction of sp³-hybridized carbons (Fsp3) is 0.222. The third-order valence-electron chi connectivity index (χ3n) is 3.85. The summed E-state index contributed by atoms with van der Waals surface area (Å²) in [6, 6.07) is 7.14. The summed E-state index contributed by atoms with van der Waals surface area (Å²) < 4.78 is 50.2. The minimum Gasteiger partial charge on any atom is -0.454 e. The van der Waals surface area contributed by atoms with Gasteiger partial charge in [0.15, 0.2) is 34.9 Å². The van der Waals surface area contributed by atoms with Crippen LogP contribution in [0.3, 0.4) is 0 Å². The number of amides is 1. The number of hydrogen-bond acceptors (Lipinski definition) is 4. The van der Waals surface area contributed by atoms with Gasteiger partial charge in [-0.25, -0.2) is 13.2 Å². The number of carbonyl (C=O) groups excluding carboxylic acids is 1. The summed E-state index contributed by atoms with van der Waals surface area (Å²) in [6.07, 6.45) is 0. The molecule has 1 aliphatic heterocycles. The fourth-order valence-corrected chi connectivity index (χ4v) is 2.44. The number of ether oxygens (including phenoxy) is 2. The molecular weight excluding hydrogens is 377 g/mol. The van der Waals surface area contributed by atoms with Gasteiger partial charge in [-0.1, -0.05) is 6.07 Å². The molecule has 0 saturated heterocycles. The van der Waals surface area contributed by atoms with E-state index in [4.69, 9.17) is 9.47 Å². The second-order valence-electron chi connectivity index (χ2n) is 5.74.